The lowest BCUT2D eigenvalue weighted by atomic mass is 9.74. The van der Waals surface area contributed by atoms with Crippen molar-refractivity contribution in [1.82, 2.24) is 15.1 Å². The van der Waals surface area contributed by atoms with Crippen molar-refractivity contribution in [2.75, 3.05) is 18.5 Å². The number of aryl methyl sites for hydroxylation is 1. The van der Waals surface area contributed by atoms with Crippen molar-refractivity contribution in [3.63, 3.8) is 0 Å². The van der Waals surface area contributed by atoms with Crippen LogP contribution in [0, 0.1) is 17.3 Å². The number of hydrogen-bond donors (Lipinski definition) is 2. The number of amides is 2. The molecule has 1 aromatic heterocycles. The summed E-state index contributed by atoms with van der Waals surface area (Å²) >= 11 is 0. The molecular weight excluding hydrogens is 312 g/mol. The number of carbonyl (C=O) groups is 3. The Morgan fingerprint density at radius 2 is 2.12 bits per heavy atom. The predicted molar refractivity (Wildman–Crippen MR) is 87.2 cm³/mol. The molecule has 1 saturated heterocycles. The van der Waals surface area contributed by atoms with Crippen LogP contribution in [0.4, 0.5) is 5.82 Å². The summed E-state index contributed by atoms with van der Waals surface area (Å²) in [6, 6.07) is 0. The molecule has 0 unspecified atom stereocenters. The summed E-state index contributed by atoms with van der Waals surface area (Å²) in [5.41, 5.74) is -0.0455. The number of aromatic nitrogens is 2. The fourth-order valence-electron chi connectivity index (χ4n) is 2.87. The first kappa shape index (κ1) is 18.0. The predicted octanol–water partition coefficient (Wildman–Crippen LogP) is 0.944. The molecule has 2 amide bonds. The van der Waals surface area contributed by atoms with E-state index in [1.165, 1.54) is 10.9 Å². The number of anilines is 1. The van der Waals surface area contributed by atoms with Gasteiger partial charge in [0, 0.05) is 19.5 Å². The molecule has 0 radical (unpaired) electrons. The zero-order valence-electron chi connectivity index (χ0n) is 14.7. The van der Waals surface area contributed by atoms with Gasteiger partial charge in [-0.25, -0.2) is 4.79 Å². The van der Waals surface area contributed by atoms with E-state index < -0.39 is 17.8 Å². The minimum atomic E-state index is -0.810. The van der Waals surface area contributed by atoms with Gasteiger partial charge in [-0.05, 0) is 12.3 Å². The molecular formula is C16H24N4O4. The average molecular weight is 336 g/mol. The molecule has 2 rings (SSSR count). The molecule has 8 nitrogen and oxygen atoms in total. The highest BCUT2D eigenvalue weighted by molar-refractivity contribution is 6.09. The van der Waals surface area contributed by atoms with E-state index in [9.17, 15) is 14.4 Å². The standard InChI is InChI=1S/C16H24N4O4/c1-6-24-15(23)9-7-18-20(5)12(9)19-14(22)11-10(16(2,3)4)8-17-13(11)21/h7,10-11H,6,8H2,1-5H3,(H,17,21)(H,19,22)/t10-,11+/m0/s1. The first-order valence-corrected chi connectivity index (χ1v) is 7.94. The molecule has 8 heteroatoms. The number of nitrogens with one attached hydrogen (secondary N) is 2. The molecule has 0 bridgehead atoms. The van der Waals surface area contributed by atoms with Gasteiger partial charge in [-0.2, -0.15) is 5.10 Å². The van der Waals surface area contributed by atoms with Crippen LogP contribution in [0.2, 0.25) is 0 Å². The summed E-state index contributed by atoms with van der Waals surface area (Å²) < 4.78 is 6.34. The normalized spacial score (nSPS) is 20.6. The molecule has 2 N–H and O–H groups in total. The van der Waals surface area contributed by atoms with Crippen LogP contribution in [-0.2, 0) is 21.4 Å². The quantitative estimate of drug-likeness (QED) is 0.629. The summed E-state index contributed by atoms with van der Waals surface area (Å²) in [5.74, 6) is -2.03. The fourth-order valence-corrected chi connectivity index (χ4v) is 2.87. The van der Waals surface area contributed by atoms with E-state index in [0.717, 1.165) is 0 Å². The number of hydrogen-bond acceptors (Lipinski definition) is 5. The van der Waals surface area contributed by atoms with Crippen LogP contribution in [-0.4, -0.2) is 40.7 Å². The highest BCUT2D eigenvalue weighted by atomic mass is 16.5. The van der Waals surface area contributed by atoms with E-state index in [1.807, 2.05) is 20.8 Å². The van der Waals surface area contributed by atoms with Crippen molar-refractivity contribution in [2.45, 2.75) is 27.7 Å². The Kier molecular flexibility index (Phi) is 4.96. The lowest BCUT2D eigenvalue weighted by molar-refractivity contribution is -0.132. The van der Waals surface area contributed by atoms with Gasteiger partial charge in [0.15, 0.2) is 0 Å². The smallest absolute Gasteiger partial charge is 0.343 e. The van der Waals surface area contributed by atoms with Gasteiger partial charge in [0.25, 0.3) is 0 Å². The van der Waals surface area contributed by atoms with Crippen molar-refractivity contribution in [3.05, 3.63) is 11.8 Å². The Balaban J connectivity index is 2.25. The van der Waals surface area contributed by atoms with Gasteiger partial charge < -0.3 is 15.4 Å². The van der Waals surface area contributed by atoms with Crippen LogP contribution in [0.15, 0.2) is 6.20 Å². The van der Waals surface area contributed by atoms with Crippen molar-refractivity contribution in [3.8, 4) is 0 Å². The maximum absolute atomic E-state index is 12.7. The van der Waals surface area contributed by atoms with Crippen molar-refractivity contribution >= 4 is 23.6 Å². The van der Waals surface area contributed by atoms with Crippen molar-refractivity contribution < 1.29 is 19.1 Å². The number of ether oxygens (including phenoxy) is 1. The second-order valence-electron chi connectivity index (χ2n) is 6.94. The summed E-state index contributed by atoms with van der Waals surface area (Å²) in [5, 5.41) is 9.40. The zero-order valence-corrected chi connectivity index (χ0v) is 14.7. The third kappa shape index (κ3) is 3.42. The molecule has 1 aliphatic rings. The third-order valence-electron chi connectivity index (χ3n) is 4.25. The van der Waals surface area contributed by atoms with Crippen LogP contribution in [0.3, 0.4) is 0 Å². The van der Waals surface area contributed by atoms with Crippen LogP contribution < -0.4 is 10.6 Å². The Hall–Kier alpha value is -2.38. The lowest BCUT2D eigenvalue weighted by Crippen LogP contribution is -2.38. The first-order valence-electron chi connectivity index (χ1n) is 7.94. The molecule has 132 valence electrons. The Labute approximate surface area is 140 Å². The van der Waals surface area contributed by atoms with Crippen LogP contribution in [0.25, 0.3) is 0 Å². The monoisotopic (exact) mass is 336 g/mol. The second kappa shape index (κ2) is 6.62. The molecule has 24 heavy (non-hydrogen) atoms. The van der Waals surface area contributed by atoms with E-state index in [-0.39, 0.29) is 35.2 Å². The maximum atomic E-state index is 12.7. The van der Waals surface area contributed by atoms with E-state index in [4.69, 9.17) is 4.74 Å². The largest absolute Gasteiger partial charge is 0.462 e. The van der Waals surface area contributed by atoms with Crippen LogP contribution in [0.5, 0.6) is 0 Å². The van der Waals surface area contributed by atoms with Gasteiger partial charge in [-0.3, -0.25) is 14.3 Å². The molecule has 0 saturated carbocycles. The minimum absolute atomic E-state index is 0.135. The van der Waals surface area contributed by atoms with Crippen LogP contribution in [0.1, 0.15) is 38.1 Å². The Morgan fingerprint density at radius 3 is 2.71 bits per heavy atom. The molecule has 2 atom stereocenters. The van der Waals surface area contributed by atoms with E-state index in [2.05, 4.69) is 15.7 Å². The minimum Gasteiger partial charge on any atom is -0.462 e. The molecule has 0 aliphatic carbocycles. The maximum Gasteiger partial charge on any atom is 0.343 e. The van der Waals surface area contributed by atoms with Crippen molar-refractivity contribution in [1.29, 1.82) is 0 Å². The SMILES string of the molecule is CCOC(=O)c1cnn(C)c1NC(=O)[C@H]1C(=O)NC[C@@H]1C(C)(C)C. The van der Waals surface area contributed by atoms with Gasteiger partial charge in [-0.1, -0.05) is 20.8 Å². The summed E-state index contributed by atoms with van der Waals surface area (Å²) in [6.07, 6.45) is 1.34. The van der Waals surface area contributed by atoms with Crippen molar-refractivity contribution in [2.24, 2.45) is 24.3 Å². The summed E-state index contributed by atoms with van der Waals surface area (Å²) in [4.78, 5) is 36.8. The van der Waals surface area contributed by atoms with E-state index in [1.54, 1.807) is 14.0 Å². The number of nitrogens with zero attached hydrogens (tertiary/aromatic N) is 2. The van der Waals surface area contributed by atoms with Gasteiger partial charge in [0.05, 0.1) is 12.8 Å². The lowest BCUT2D eigenvalue weighted by Gasteiger charge is -2.29. The second-order valence-corrected chi connectivity index (χ2v) is 6.94. The Bertz CT molecular complexity index is 660. The van der Waals surface area contributed by atoms with Crippen LogP contribution >= 0.6 is 0 Å². The highest BCUT2D eigenvalue weighted by Gasteiger charge is 2.46. The number of esters is 1. The molecule has 1 aromatic rings. The fraction of sp³-hybridized carbons (Fsp3) is 0.625. The molecule has 2 heterocycles. The number of rotatable bonds is 4. The molecule has 0 aromatic carbocycles. The van der Waals surface area contributed by atoms with E-state index in [0.29, 0.717) is 6.54 Å². The average Bonchev–Trinajstić information content (AvgIpc) is 3.03. The van der Waals surface area contributed by atoms with Gasteiger partial charge >= 0.3 is 5.97 Å². The zero-order chi connectivity index (χ0) is 18.1. The third-order valence-corrected chi connectivity index (χ3v) is 4.25. The van der Waals surface area contributed by atoms with Gasteiger partial charge in [0.1, 0.15) is 17.3 Å². The van der Waals surface area contributed by atoms with E-state index >= 15 is 0 Å². The molecule has 1 aliphatic heterocycles. The van der Waals surface area contributed by atoms with Gasteiger partial charge in [-0.15, -0.1) is 0 Å². The topological polar surface area (TPSA) is 102 Å². The summed E-state index contributed by atoms with van der Waals surface area (Å²) in [6.45, 7) is 8.35. The number of carbonyl (C=O) groups excluding carboxylic acids is 3. The Morgan fingerprint density at radius 1 is 1.46 bits per heavy atom. The van der Waals surface area contributed by atoms with Gasteiger partial charge in [0.2, 0.25) is 11.8 Å². The summed E-state index contributed by atoms with van der Waals surface area (Å²) in [7, 11) is 1.61. The highest BCUT2D eigenvalue weighted by Crippen LogP contribution is 2.35. The molecule has 0 spiro atoms. The first-order chi connectivity index (χ1) is 11.2. The molecule has 1 fully saturated rings.